The quantitative estimate of drug-likeness (QED) is 0.348. The van der Waals surface area contributed by atoms with Crippen LogP contribution in [0.1, 0.15) is 61.3 Å². The Balaban J connectivity index is 2.56. The van der Waals surface area contributed by atoms with Gasteiger partial charge in [0.1, 0.15) is 12.2 Å². The fraction of sp³-hybridized carbons (Fsp3) is 0.654. The van der Waals surface area contributed by atoms with Gasteiger partial charge in [-0.2, -0.15) is 0 Å². The molecule has 7 nitrogen and oxygen atoms in total. The summed E-state index contributed by atoms with van der Waals surface area (Å²) in [6.07, 6.45) is 1.89. The molecule has 1 saturated carbocycles. The van der Waals surface area contributed by atoms with Gasteiger partial charge in [0.05, 0.1) is 6.10 Å². The highest BCUT2D eigenvalue weighted by Crippen LogP contribution is 2.49. The average Bonchev–Trinajstić information content (AvgIpc) is 3.02. The van der Waals surface area contributed by atoms with Crippen LogP contribution in [0.3, 0.4) is 0 Å². The zero-order valence-corrected chi connectivity index (χ0v) is 20.8. The molecule has 0 heterocycles. The maximum absolute atomic E-state index is 12.1. The molecular weight excluding hydrogens is 424 g/mol. The minimum absolute atomic E-state index is 0.0317. The number of esters is 3. The van der Waals surface area contributed by atoms with Crippen molar-refractivity contribution in [1.29, 1.82) is 0 Å². The predicted molar refractivity (Wildman–Crippen MR) is 124 cm³/mol. The second kappa shape index (κ2) is 11.1. The number of ether oxygens (including phenoxy) is 3. The van der Waals surface area contributed by atoms with E-state index in [0.29, 0.717) is 0 Å². The second-order valence-electron chi connectivity index (χ2n) is 9.63. The normalized spacial score (nSPS) is 29.5. The molecule has 8 unspecified atom stereocenters. The molecule has 1 fully saturated rings. The van der Waals surface area contributed by atoms with Gasteiger partial charge in [-0.05, 0) is 51.2 Å². The van der Waals surface area contributed by atoms with Crippen LogP contribution in [0.25, 0.3) is 0 Å². The number of aliphatic hydroxyl groups excluding tert-OH is 1. The van der Waals surface area contributed by atoms with Gasteiger partial charge in [-0.15, -0.1) is 0 Å². The van der Waals surface area contributed by atoms with Crippen LogP contribution in [0.15, 0.2) is 35.5 Å². The van der Waals surface area contributed by atoms with Crippen molar-refractivity contribution in [2.75, 3.05) is 0 Å². The topological polar surface area (TPSA) is 99.1 Å². The fourth-order valence-electron chi connectivity index (χ4n) is 5.33. The zero-order valence-electron chi connectivity index (χ0n) is 20.8. The summed E-state index contributed by atoms with van der Waals surface area (Å²) in [7, 11) is 0. The van der Waals surface area contributed by atoms with Crippen molar-refractivity contribution in [3.8, 4) is 0 Å². The van der Waals surface area contributed by atoms with Gasteiger partial charge >= 0.3 is 17.9 Å². The van der Waals surface area contributed by atoms with Crippen molar-refractivity contribution < 1.29 is 33.7 Å². The van der Waals surface area contributed by atoms with Gasteiger partial charge < -0.3 is 19.3 Å². The molecule has 0 bridgehead atoms. The highest BCUT2D eigenvalue weighted by molar-refractivity contribution is 5.68. The lowest BCUT2D eigenvalue weighted by molar-refractivity contribution is -0.172. The molecule has 0 aliphatic heterocycles. The Labute approximate surface area is 196 Å². The highest BCUT2D eigenvalue weighted by atomic mass is 16.6. The molecule has 184 valence electrons. The first-order chi connectivity index (χ1) is 15.3. The Hall–Kier alpha value is -2.41. The third-order valence-corrected chi connectivity index (χ3v) is 6.75. The van der Waals surface area contributed by atoms with Gasteiger partial charge in [-0.1, -0.05) is 30.7 Å². The molecule has 0 amide bonds. The fourth-order valence-corrected chi connectivity index (χ4v) is 5.33. The second-order valence-corrected chi connectivity index (χ2v) is 9.63. The largest absolute Gasteiger partial charge is 0.462 e. The van der Waals surface area contributed by atoms with Gasteiger partial charge in [0, 0.05) is 38.5 Å². The van der Waals surface area contributed by atoms with Gasteiger partial charge in [0.2, 0.25) is 0 Å². The monoisotopic (exact) mass is 462 g/mol. The van der Waals surface area contributed by atoms with Crippen molar-refractivity contribution in [3.05, 3.63) is 35.5 Å². The maximum atomic E-state index is 12.1. The third kappa shape index (κ3) is 6.56. The summed E-state index contributed by atoms with van der Waals surface area (Å²) in [6.45, 7) is 15.8. The van der Waals surface area contributed by atoms with Gasteiger partial charge in [-0.3, -0.25) is 14.4 Å². The Bertz CT molecular complexity index is 836. The van der Waals surface area contributed by atoms with Crippen molar-refractivity contribution >= 4 is 17.9 Å². The zero-order chi connectivity index (χ0) is 25.0. The number of carbonyl (C=O) groups is 3. The van der Waals surface area contributed by atoms with Crippen LogP contribution in [-0.2, 0) is 28.6 Å². The van der Waals surface area contributed by atoms with Crippen LogP contribution < -0.4 is 0 Å². The first-order valence-electron chi connectivity index (χ1n) is 11.5. The van der Waals surface area contributed by atoms with Gasteiger partial charge in [0.25, 0.3) is 0 Å². The van der Waals surface area contributed by atoms with Crippen LogP contribution in [0.4, 0.5) is 0 Å². The van der Waals surface area contributed by atoms with E-state index in [-0.39, 0.29) is 24.2 Å². The van der Waals surface area contributed by atoms with Crippen LogP contribution >= 0.6 is 0 Å². The molecule has 2 rings (SSSR count). The number of hydrogen-bond donors (Lipinski definition) is 1. The summed E-state index contributed by atoms with van der Waals surface area (Å²) in [4.78, 5) is 36.0. The van der Waals surface area contributed by atoms with E-state index in [0.717, 1.165) is 23.1 Å². The number of allylic oxidation sites excluding steroid dienone is 2. The molecule has 2 aliphatic rings. The van der Waals surface area contributed by atoms with Gasteiger partial charge in [-0.25, -0.2) is 0 Å². The summed E-state index contributed by atoms with van der Waals surface area (Å²) in [5.74, 6) is -2.36. The molecule has 1 N–H and O–H groups in total. The minimum atomic E-state index is -0.827. The highest BCUT2D eigenvalue weighted by Gasteiger charge is 2.50. The van der Waals surface area contributed by atoms with E-state index >= 15 is 0 Å². The molecule has 7 heteroatoms. The predicted octanol–water partition coefficient (Wildman–Crippen LogP) is 3.90. The van der Waals surface area contributed by atoms with Crippen molar-refractivity contribution in [1.82, 2.24) is 0 Å². The van der Waals surface area contributed by atoms with E-state index in [2.05, 4.69) is 12.7 Å². The molecule has 0 radical (unpaired) electrons. The number of aliphatic hydroxyl groups is 1. The standard InChI is InChI=1S/C26H38O7/c1-13(2)11-23(31-17(6)27)25(32-18(7)28)16(5)21-12-22(30)15(4)20-10-9-14(3)24(20)26(21)33-19(8)29/h9,11,16,20-26,30H,4,10,12H2,1-3,5-8H3. The maximum Gasteiger partial charge on any atom is 0.303 e. The number of rotatable bonds is 7. The number of hydrogen-bond acceptors (Lipinski definition) is 7. The van der Waals surface area contributed by atoms with Crippen LogP contribution in [0.2, 0.25) is 0 Å². The van der Waals surface area contributed by atoms with E-state index in [1.54, 1.807) is 6.08 Å². The van der Waals surface area contributed by atoms with E-state index in [1.807, 2.05) is 27.7 Å². The minimum Gasteiger partial charge on any atom is -0.462 e. The molecule has 0 aromatic heterocycles. The Morgan fingerprint density at radius 3 is 2.21 bits per heavy atom. The Kier molecular flexibility index (Phi) is 9.06. The van der Waals surface area contributed by atoms with Gasteiger partial charge in [0.15, 0.2) is 6.10 Å². The first-order valence-corrected chi connectivity index (χ1v) is 11.5. The van der Waals surface area contributed by atoms with E-state index in [4.69, 9.17) is 14.2 Å². The van der Waals surface area contributed by atoms with E-state index < -0.39 is 48.2 Å². The molecule has 0 saturated heterocycles. The Morgan fingerprint density at radius 1 is 1.09 bits per heavy atom. The number of carbonyl (C=O) groups excluding carboxylic acids is 3. The molecule has 2 aliphatic carbocycles. The molecule has 0 spiro atoms. The molecule has 0 aromatic rings. The lowest BCUT2D eigenvalue weighted by Crippen LogP contribution is -2.46. The third-order valence-electron chi connectivity index (χ3n) is 6.75. The first kappa shape index (κ1) is 26.8. The molecule has 8 atom stereocenters. The van der Waals surface area contributed by atoms with Crippen molar-refractivity contribution in [3.63, 3.8) is 0 Å². The SMILES string of the molecule is C=C1C(O)CC(C(C)C(OC(C)=O)C(C=C(C)C)OC(C)=O)C(OC(C)=O)C2C(C)=CCC12. The van der Waals surface area contributed by atoms with Crippen LogP contribution in [-0.4, -0.2) is 47.4 Å². The lowest BCUT2D eigenvalue weighted by Gasteiger charge is -2.39. The summed E-state index contributed by atoms with van der Waals surface area (Å²) in [6, 6.07) is 0. The summed E-state index contributed by atoms with van der Waals surface area (Å²) >= 11 is 0. The van der Waals surface area contributed by atoms with E-state index in [9.17, 15) is 19.5 Å². The summed E-state index contributed by atoms with van der Waals surface area (Å²) < 4.78 is 17.1. The average molecular weight is 463 g/mol. The van der Waals surface area contributed by atoms with Crippen molar-refractivity contribution in [2.24, 2.45) is 23.7 Å². The lowest BCUT2D eigenvalue weighted by atomic mass is 9.74. The Morgan fingerprint density at radius 2 is 1.70 bits per heavy atom. The summed E-state index contributed by atoms with van der Waals surface area (Å²) in [5, 5.41) is 11.0. The molecule has 33 heavy (non-hydrogen) atoms. The smallest absolute Gasteiger partial charge is 0.303 e. The van der Waals surface area contributed by atoms with Crippen LogP contribution in [0, 0.1) is 23.7 Å². The molecule has 0 aromatic carbocycles. The summed E-state index contributed by atoms with van der Waals surface area (Å²) in [5.41, 5.74) is 2.71. The van der Waals surface area contributed by atoms with Crippen molar-refractivity contribution in [2.45, 2.75) is 85.7 Å². The number of fused-ring (bicyclic) bond motifs is 1. The van der Waals surface area contributed by atoms with Crippen LogP contribution in [0.5, 0.6) is 0 Å². The molecular formula is C26H38O7. The van der Waals surface area contributed by atoms with E-state index in [1.165, 1.54) is 20.8 Å².